The van der Waals surface area contributed by atoms with Crippen molar-refractivity contribution in [3.63, 3.8) is 0 Å². The average Bonchev–Trinajstić information content (AvgIpc) is 3.28. The number of pyridine rings is 1. The van der Waals surface area contributed by atoms with Crippen molar-refractivity contribution in [1.82, 2.24) is 30.1 Å². The van der Waals surface area contributed by atoms with E-state index < -0.39 is 6.04 Å². The Labute approximate surface area is 196 Å². The first kappa shape index (κ1) is 22.2. The molecule has 0 bridgehead atoms. The van der Waals surface area contributed by atoms with Crippen molar-refractivity contribution in [2.75, 3.05) is 20.2 Å². The van der Waals surface area contributed by atoms with Crippen LogP contribution in [-0.2, 0) is 6.54 Å². The molecule has 0 aliphatic carbocycles. The van der Waals surface area contributed by atoms with Gasteiger partial charge in [-0.2, -0.15) is 0 Å². The summed E-state index contributed by atoms with van der Waals surface area (Å²) < 4.78 is 20.5. The standard InChI is InChI=1S/C25H27FN6O2/c1-16-4-3-11-31(14-16)23(21-13-18-12-20(34-2)9-10-22(18)27-25(21)33)24-28-29-30-32(24)15-17-5-7-19(26)8-6-17/h5-10,12-13,16,23H,3-4,11,14-15H2,1-2H3,(H,27,33)/t16-,23+/m1/s1. The van der Waals surface area contributed by atoms with Crippen LogP contribution in [0.4, 0.5) is 4.39 Å². The van der Waals surface area contributed by atoms with E-state index in [1.807, 2.05) is 24.3 Å². The van der Waals surface area contributed by atoms with Crippen molar-refractivity contribution in [1.29, 1.82) is 0 Å². The van der Waals surface area contributed by atoms with Gasteiger partial charge in [-0.05, 0) is 77.7 Å². The Balaban J connectivity index is 1.62. The van der Waals surface area contributed by atoms with Gasteiger partial charge in [-0.3, -0.25) is 9.69 Å². The van der Waals surface area contributed by atoms with Gasteiger partial charge < -0.3 is 9.72 Å². The second-order valence-corrected chi connectivity index (χ2v) is 8.97. The van der Waals surface area contributed by atoms with Gasteiger partial charge in [0.2, 0.25) is 0 Å². The number of aromatic amines is 1. The van der Waals surface area contributed by atoms with Gasteiger partial charge in [0.05, 0.1) is 13.7 Å². The molecule has 1 saturated heterocycles. The number of tetrazole rings is 1. The van der Waals surface area contributed by atoms with Gasteiger partial charge in [0.1, 0.15) is 17.6 Å². The zero-order chi connectivity index (χ0) is 23.7. The Morgan fingerprint density at radius 2 is 2.03 bits per heavy atom. The number of fused-ring (bicyclic) bond motifs is 1. The molecule has 0 saturated carbocycles. The van der Waals surface area contributed by atoms with E-state index in [0.717, 1.165) is 48.1 Å². The van der Waals surface area contributed by atoms with Crippen molar-refractivity contribution in [3.8, 4) is 5.75 Å². The Bertz CT molecular complexity index is 1350. The first-order valence-electron chi connectivity index (χ1n) is 11.5. The fourth-order valence-corrected chi connectivity index (χ4v) is 4.77. The highest BCUT2D eigenvalue weighted by Gasteiger charge is 2.32. The Hall–Kier alpha value is -3.59. The number of likely N-dealkylation sites (tertiary alicyclic amines) is 1. The van der Waals surface area contributed by atoms with Crippen LogP contribution in [0.25, 0.3) is 10.9 Å². The predicted octanol–water partition coefficient (Wildman–Crippen LogP) is 3.53. The van der Waals surface area contributed by atoms with Crippen molar-refractivity contribution in [3.05, 3.63) is 81.7 Å². The summed E-state index contributed by atoms with van der Waals surface area (Å²) in [6, 6.07) is 13.3. The maximum absolute atomic E-state index is 13.4. The first-order chi connectivity index (χ1) is 16.5. The molecule has 176 valence electrons. The SMILES string of the molecule is COc1ccc2[nH]c(=O)c([C@@H](c3nnnn3Cc3ccc(F)cc3)N3CCC[C@@H](C)C3)cc2c1. The van der Waals surface area contributed by atoms with E-state index in [0.29, 0.717) is 23.9 Å². The molecular weight excluding hydrogens is 435 g/mol. The number of ether oxygens (including phenoxy) is 1. The first-order valence-corrected chi connectivity index (χ1v) is 11.5. The van der Waals surface area contributed by atoms with Crippen LogP contribution in [0.3, 0.4) is 0 Å². The van der Waals surface area contributed by atoms with Crippen LogP contribution in [0.15, 0.2) is 53.3 Å². The molecule has 8 nitrogen and oxygen atoms in total. The van der Waals surface area contributed by atoms with E-state index >= 15 is 0 Å². The molecular formula is C25H27FN6O2. The van der Waals surface area contributed by atoms with E-state index in [1.165, 1.54) is 12.1 Å². The second kappa shape index (κ2) is 9.34. The molecule has 9 heteroatoms. The minimum absolute atomic E-state index is 0.169. The van der Waals surface area contributed by atoms with Gasteiger partial charge >= 0.3 is 0 Å². The van der Waals surface area contributed by atoms with Gasteiger partial charge in [0.25, 0.3) is 5.56 Å². The summed E-state index contributed by atoms with van der Waals surface area (Å²) in [5, 5.41) is 13.4. The van der Waals surface area contributed by atoms with E-state index in [-0.39, 0.29) is 11.4 Å². The van der Waals surface area contributed by atoms with E-state index in [4.69, 9.17) is 4.74 Å². The topological polar surface area (TPSA) is 88.9 Å². The third-order valence-electron chi connectivity index (χ3n) is 6.48. The summed E-state index contributed by atoms with van der Waals surface area (Å²) in [7, 11) is 1.62. The maximum atomic E-state index is 13.4. The highest BCUT2D eigenvalue weighted by atomic mass is 19.1. The average molecular weight is 463 g/mol. The molecule has 0 unspecified atom stereocenters. The summed E-state index contributed by atoms with van der Waals surface area (Å²) >= 11 is 0. The Morgan fingerprint density at radius 3 is 2.79 bits per heavy atom. The minimum Gasteiger partial charge on any atom is -0.497 e. The van der Waals surface area contributed by atoms with Crippen LogP contribution >= 0.6 is 0 Å². The Kier molecular flexibility index (Phi) is 6.10. The van der Waals surface area contributed by atoms with Crippen molar-refractivity contribution < 1.29 is 9.13 Å². The predicted molar refractivity (Wildman–Crippen MR) is 126 cm³/mol. The number of hydrogen-bond acceptors (Lipinski definition) is 6. The molecule has 0 radical (unpaired) electrons. The largest absolute Gasteiger partial charge is 0.497 e. The molecule has 5 rings (SSSR count). The van der Waals surface area contributed by atoms with Crippen LogP contribution in [0.1, 0.15) is 42.8 Å². The van der Waals surface area contributed by atoms with E-state index in [1.54, 1.807) is 23.9 Å². The van der Waals surface area contributed by atoms with Gasteiger partial charge in [-0.15, -0.1) is 5.10 Å². The number of rotatable bonds is 6. The van der Waals surface area contributed by atoms with Crippen molar-refractivity contribution >= 4 is 10.9 Å². The number of aromatic nitrogens is 5. The fourth-order valence-electron chi connectivity index (χ4n) is 4.77. The highest BCUT2D eigenvalue weighted by molar-refractivity contribution is 5.80. The molecule has 2 atom stereocenters. The number of piperidine rings is 1. The highest BCUT2D eigenvalue weighted by Crippen LogP contribution is 2.31. The number of H-pyrrole nitrogens is 1. The molecule has 1 aliphatic rings. The Morgan fingerprint density at radius 1 is 1.21 bits per heavy atom. The fraction of sp³-hybridized carbons (Fsp3) is 0.360. The number of nitrogens with one attached hydrogen (secondary N) is 1. The number of benzene rings is 2. The lowest BCUT2D eigenvalue weighted by molar-refractivity contribution is 0.141. The van der Waals surface area contributed by atoms with Gasteiger partial charge in [0.15, 0.2) is 5.82 Å². The molecule has 2 aromatic carbocycles. The lowest BCUT2D eigenvalue weighted by Crippen LogP contribution is -2.41. The maximum Gasteiger partial charge on any atom is 0.253 e. The number of nitrogens with zero attached hydrogens (tertiary/aromatic N) is 5. The lowest BCUT2D eigenvalue weighted by atomic mass is 9.95. The molecule has 34 heavy (non-hydrogen) atoms. The molecule has 2 aromatic heterocycles. The van der Waals surface area contributed by atoms with Crippen molar-refractivity contribution in [2.45, 2.75) is 32.4 Å². The summed E-state index contributed by atoms with van der Waals surface area (Å²) in [5.41, 5.74) is 2.03. The smallest absolute Gasteiger partial charge is 0.253 e. The lowest BCUT2D eigenvalue weighted by Gasteiger charge is -2.36. The summed E-state index contributed by atoms with van der Waals surface area (Å²) in [6.45, 7) is 4.28. The van der Waals surface area contributed by atoms with Gasteiger partial charge in [-0.25, -0.2) is 9.07 Å². The third kappa shape index (κ3) is 4.43. The summed E-state index contributed by atoms with van der Waals surface area (Å²) in [5.74, 6) is 1.51. The van der Waals surface area contributed by atoms with Gasteiger partial charge in [-0.1, -0.05) is 19.1 Å². The molecule has 4 aromatic rings. The summed E-state index contributed by atoms with van der Waals surface area (Å²) in [6.07, 6.45) is 2.19. The number of hydrogen-bond donors (Lipinski definition) is 1. The quantitative estimate of drug-likeness (QED) is 0.472. The van der Waals surface area contributed by atoms with Crippen LogP contribution in [-0.4, -0.2) is 50.3 Å². The van der Waals surface area contributed by atoms with Crippen molar-refractivity contribution in [2.24, 2.45) is 5.92 Å². The minimum atomic E-state index is -0.419. The second-order valence-electron chi connectivity index (χ2n) is 8.97. The molecule has 0 amide bonds. The van der Waals surface area contributed by atoms with E-state index in [2.05, 4.69) is 32.3 Å². The molecule has 0 spiro atoms. The van der Waals surface area contributed by atoms with Crippen LogP contribution in [0, 0.1) is 11.7 Å². The normalized spacial score (nSPS) is 17.7. The summed E-state index contributed by atoms with van der Waals surface area (Å²) in [4.78, 5) is 18.6. The number of halogens is 1. The molecule has 3 heterocycles. The monoisotopic (exact) mass is 462 g/mol. The zero-order valence-corrected chi connectivity index (χ0v) is 19.2. The van der Waals surface area contributed by atoms with Crippen LogP contribution < -0.4 is 10.3 Å². The van der Waals surface area contributed by atoms with Gasteiger partial charge in [0, 0.05) is 23.0 Å². The van der Waals surface area contributed by atoms with Crippen LogP contribution in [0.5, 0.6) is 5.75 Å². The number of methoxy groups -OCH3 is 1. The molecule has 1 N–H and O–H groups in total. The van der Waals surface area contributed by atoms with Crippen LogP contribution in [0.2, 0.25) is 0 Å². The molecule has 1 aliphatic heterocycles. The van der Waals surface area contributed by atoms with E-state index in [9.17, 15) is 9.18 Å². The molecule has 1 fully saturated rings. The third-order valence-corrected chi connectivity index (χ3v) is 6.48. The zero-order valence-electron chi connectivity index (χ0n) is 19.2.